The number of methoxy groups -OCH3 is 2. The van der Waals surface area contributed by atoms with E-state index in [9.17, 15) is 4.79 Å². The highest BCUT2D eigenvalue weighted by atomic mass is 35.5. The second kappa shape index (κ2) is 19.5. The first-order valence-electron chi connectivity index (χ1n) is 17.4. The Labute approximate surface area is 330 Å². The number of ether oxygens (including phenoxy) is 6. The van der Waals surface area contributed by atoms with E-state index in [1.54, 1.807) is 55.3 Å². The number of aromatic nitrogens is 4. The Balaban J connectivity index is 1.20. The topological polar surface area (TPSA) is 152 Å². The Morgan fingerprint density at radius 1 is 0.818 bits per heavy atom. The average molecular weight is 795 g/mol. The quantitative estimate of drug-likeness (QED) is 0.0730. The summed E-state index contributed by atoms with van der Waals surface area (Å²) in [6, 6.07) is 19.2. The molecule has 0 atom stereocenters. The molecule has 3 aromatic carbocycles. The fourth-order valence-corrected chi connectivity index (χ4v) is 5.33. The summed E-state index contributed by atoms with van der Waals surface area (Å²) in [5.74, 6) is 2.26. The molecule has 0 bridgehead atoms. The van der Waals surface area contributed by atoms with Crippen molar-refractivity contribution in [3.05, 3.63) is 94.2 Å². The first-order valence-corrected chi connectivity index (χ1v) is 18.2. The third-order valence-electron chi connectivity index (χ3n) is 7.81. The van der Waals surface area contributed by atoms with Crippen LogP contribution in [0, 0.1) is 6.92 Å². The number of carbonyl (C=O) groups excluding carboxylic acids is 1. The van der Waals surface area contributed by atoms with E-state index in [4.69, 9.17) is 56.7 Å². The van der Waals surface area contributed by atoms with Crippen LogP contribution in [0.25, 0.3) is 5.69 Å². The minimum atomic E-state index is -0.536. The summed E-state index contributed by atoms with van der Waals surface area (Å²) in [7, 11) is 3.19. The van der Waals surface area contributed by atoms with Crippen LogP contribution in [-0.2, 0) is 19.6 Å². The molecule has 3 N–H and O–H groups in total. The summed E-state index contributed by atoms with van der Waals surface area (Å²) in [6.45, 7) is 10.9. The van der Waals surface area contributed by atoms with Gasteiger partial charge in [0.2, 0.25) is 11.8 Å². The van der Waals surface area contributed by atoms with E-state index in [-0.39, 0.29) is 38.7 Å². The van der Waals surface area contributed by atoms with Crippen molar-refractivity contribution < 1.29 is 33.2 Å². The van der Waals surface area contributed by atoms with Crippen molar-refractivity contribution in [3.8, 4) is 28.8 Å². The van der Waals surface area contributed by atoms with Crippen LogP contribution >= 0.6 is 23.2 Å². The zero-order valence-electron chi connectivity index (χ0n) is 31.6. The number of carbonyl (C=O) groups is 1. The first-order chi connectivity index (χ1) is 26.4. The van der Waals surface area contributed by atoms with Crippen LogP contribution in [0.4, 0.5) is 27.9 Å². The first kappa shape index (κ1) is 41.1. The van der Waals surface area contributed by atoms with Gasteiger partial charge in [0.15, 0.2) is 0 Å². The maximum Gasteiger partial charge on any atom is 0.324 e. The van der Waals surface area contributed by atoms with Gasteiger partial charge in [-0.2, -0.15) is 10.1 Å². The Hall–Kier alpha value is -5.12. The molecule has 2 aromatic heterocycles. The summed E-state index contributed by atoms with van der Waals surface area (Å²) in [5, 5.41) is 13.7. The van der Waals surface area contributed by atoms with Gasteiger partial charge in [-0.3, -0.25) is 5.32 Å². The Kier molecular flexibility index (Phi) is 14.5. The number of hydrogen-bond acceptors (Lipinski definition) is 11. The second-order valence-electron chi connectivity index (χ2n) is 13.1. The average Bonchev–Trinajstić information content (AvgIpc) is 3.58. The third-order valence-corrected chi connectivity index (χ3v) is 8.67. The normalized spacial score (nSPS) is 11.3. The summed E-state index contributed by atoms with van der Waals surface area (Å²) in [6.07, 6.45) is 1.53. The Morgan fingerprint density at radius 2 is 1.53 bits per heavy atom. The maximum atomic E-state index is 13.2. The molecule has 0 radical (unpaired) electrons. The summed E-state index contributed by atoms with van der Waals surface area (Å²) >= 11 is 13.3. The number of aryl methyl sites for hydroxylation is 1. The summed E-state index contributed by atoms with van der Waals surface area (Å²) in [5.41, 5.74) is 3.36. The van der Waals surface area contributed by atoms with Gasteiger partial charge in [0.25, 0.3) is 0 Å². The molecule has 55 heavy (non-hydrogen) atoms. The molecule has 5 aromatic rings. The van der Waals surface area contributed by atoms with Gasteiger partial charge in [-0.05, 0) is 31.2 Å². The predicted molar refractivity (Wildman–Crippen MR) is 213 cm³/mol. The number of rotatable bonds is 18. The molecule has 16 heteroatoms. The van der Waals surface area contributed by atoms with Gasteiger partial charge in [-0.1, -0.05) is 61.7 Å². The largest absolute Gasteiger partial charge is 0.497 e. The van der Waals surface area contributed by atoms with Crippen molar-refractivity contribution in [2.75, 3.05) is 69.8 Å². The molecule has 2 heterocycles. The van der Waals surface area contributed by atoms with Gasteiger partial charge in [-0.25, -0.2) is 14.5 Å². The fourth-order valence-electron chi connectivity index (χ4n) is 4.93. The fraction of sp³-hybridized carbons (Fsp3) is 0.333. The van der Waals surface area contributed by atoms with E-state index in [1.807, 2.05) is 37.3 Å². The molecule has 5 rings (SSSR count). The van der Waals surface area contributed by atoms with Crippen LogP contribution in [0.5, 0.6) is 23.1 Å². The number of anilines is 4. The van der Waals surface area contributed by atoms with E-state index in [1.165, 1.54) is 6.20 Å². The number of nitrogens with one attached hydrogen (secondary N) is 3. The molecule has 2 amide bonds. The molecule has 0 saturated carbocycles. The van der Waals surface area contributed by atoms with E-state index in [2.05, 4.69) is 46.7 Å². The van der Waals surface area contributed by atoms with E-state index >= 15 is 0 Å². The standard InChI is InChI=1S/C39H45Cl2N7O7/c1-25-7-9-27(10-8-25)48-33(24-32(47-48)39(2,3)4)45-38(49)44-30-11-12-31(36(41)35(30)40)55-34-13-14-42-37(46-34)43-26-21-28(51-6)23-29(22-26)54-20-19-53-18-17-52-16-15-50-5/h7-14,21-24H,15-20H2,1-6H3,(H,42,43,46)(H2,44,45,49). The van der Waals surface area contributed by atoms with Crippen molar-refractivity contribution in [2.45, 2.75) is 33.1 Å². The lowest BCUT2D eigenvalue weighted by Gasteiger charge is -2.14. The molecule has 0 aliphatic heterocycles. The van der Waals surface area contributed by atoms with Crippen molar-refractivity contribution in [1.82, 2.24) is 19.7 Å². The minimum Gasteiger partial charge on any atom is -0.497 e. The minimum absolute atomic E-state index is 0.0736. The van der Waals surface area contributed by atoms with Crippen molar-refractivity contribution in [1.29, 1.82) is 0 Å². The monoisotopic (exact) mass is 793 g/mol. The summed E-state index contributed by atoms with van der Waals surface area (Å²) < 4.78 is 34.9. The van der Waals surface area contributed by atoms with E-state index in [0.29, 0.717) is 62.6 Å². The SMILES string of the molecule is COCCOCCOCCOc1cc(Nc2nccc(Oc3ccc(NC(=O)Nc4cc(C(C)(C)C)nn4-c4ccc(C)cc4)c(Cl)c3Cl)n2)cc(OC)c1. The molecule has 0 fully saturated rings. The number of halogens is 2. The molecule has 0 saturated heterocycles. The van der Waals surface area contributed by atoms with Crippen LogP contribution in [0.3, 0.4) is 0 Å². The van der Waals surface area contributed by atoms with Crippen molar-refractivity contribution in [3.63, 3.8) is 0 Å². The maximum absolute atomic E-state index is 13.2. The lowest BCUT2D eigenvalue weighted by molar-refractivity contribution is 0.0179. The molecule has 14 nitrogen and oxygen atoms in total. The van der Waals surface area contributed by atoms with Gasteiger partial charge in [0.1, 0.15) is 34.7 Å². The van der Waals surface area contributed by atoms with Crippen molar-refractivity contribution >= 4 is 52.4 Å². The molecular formula is C39H45Cl2N7O7. The lowest BCUT2D eigenvalue weighted by Crippen LogP contribution is -2.21. The second-order valence-corrected chi connectivity index (χ2v) is 13.9. The highest BCUT2D eigenvalue weighted by molar-refractivity contribution is 6.45. The molecule has 0 aliphatic rings. The Morgan fingerprint density at radius 3 is 2.24 bits per heavy atom. The van der Waals surface area contributed by atoms with Crippen LogP contribution in [0.2, 0.25) is 10.0 Å². The smallest absolute Gasteiger partial charge is 0.324 e. The molecule has 0 spiro atoms. The third kappa shape index (κ3) is 11.9. The number of urea groups is 1. The number of nitrogens with zero attached hydrogens (tertiary/aromatic N) is 4. The highest BCUT2D eigenvalue weighted by Gasteiger charge is 2.22. The van der Waals surface area contributed by atoms with Gasteiger partial charge in [0, 0.05) is 54.7 Å². The van der Waals surface area contributed by atoms with Gasteiger partial charge < -0.3 is 39.1 Å². The van der Waals surface area contributed by atoms with Crippen LogP contribution < -0.4 is 30.2 Å². The van der Waals surface area contributed by atoms with Gasteiger partial charge in [0.05, 0.1) is 62.2 Å². The lowest BCUT2D eigenvalue weighted by atomic mass is 9.92. The van der Waals surface area contributed by atoms with Crippen molar-refractivity contribution in [2.24, 2.45) is 0 Å². The number of hydrogen-bond donors (Lipinski definition) is 3. The van der Waals surface area contributed by atoms with Crippen LogP contribution in [0.1, 0.15) is 32.0 Å². The molecule has 0 unspecified atom stereocenters. The van der Waals surface area contributed by atoms with E-state index in [0.717, 1.165) is 16.9 Å². The van der Waals surface area contributed by atoms with Crippen LogP contribution in [0.15, 0.2) is 72.9 Å². The van der Waals surface area contributed by atoms with Gasteiger partial charge >= 0.3 is 6.03 Å². The van der Waals surface area contributed by atoms with Crippen LogP contribution in [-0.4, -0.2) is 79.6 Å². The zero-order valence-corrected chi connectivity index (χ0v) is 33.1. The Bertz CT molecular complexity index is 2040. The van der Waals surface area contributed by atoms with E-state index < -0.39 is 6.03 Å². The molecular weight excluding hydrogens is 749 g/mol. The zero-order chi connectivity index (χ0) is 39.4. The predicted octanol–water partition coefficient (Wildman–Crippen LogP) is 8.82. The molecule has 0 aliphatic carbocycles. The molecule has 292 valence electrons. The number of amides is 2. The highest BCUT2D eigenvalue weighted by Crippen LogP contribution is 2.39. The van der Waals surface area contributed by atoms with Gasteiger partial charge in [-0.15, -0.1) is 0 Å². The summed E-state index contributed by atoms with van der Waals surface area (Å²) in [4.78, 5) is 22.0. The number of benzene rings is 3.